The minimum Gasteiger partial charge on any atom is -0.350 e. The Labute approximate surface area is 146 Å². The van der Waals surface area contributed by atoms with E-state index in [0.29, 0.717) is 24.1 Å². The molecule has 0 bridgehead atoms. The zero-order valence-electron chi connectivity index (χ0n) is 12.2. The summed E-state index contributed by atoms with van der Waals surface area (Å²) in [7, 11) is 0. The van der Waals surface area contributed by atoms with Crippen LogP contribution >= 0.6 is 22.6 Å². The van der Waals surface area contributed by atoms with Crippen molar-refractivity contribution in [2.45, 2.75) is 6.42 Å². The van der Waals surface area contributed by atoms with Crippen molar-refractivity contribution in [3.8, 4) is 0 Å². The molecular weight excluding hydrogens is 403 g/mol. The Morgan fingerprint density at radius 3 is 2.22 bits per heavy atom. The summed E-state index contributed by atoms with van der Waals surface area (Å²) in [6.07, 6.45) is 0.647. The maximum absolute atomic E-state index is 12.4. The quantitative estimate of drug-likeness (QED) is 0.524. The van der Waals surface area contributed by atoms with Crippen LogP contribution in [-0.2, 0) is 6.42 Å². The normalized spacial score (nSPS) is 13.9. The van der Waals surface area contributed by atoms with Crippen LogP contribution in [0.25, 0.3) is 10.9 Å². The Balaban J connectivity index is 1.62. The third kappa shape index (κ3) is 2.26. The van der Waals surface area contributed by atoms with Crippen LogP contribution in [0.5, 0.6) is 0 Å². The topological polar surface area (TPSA) is 53.2 Å². The average Bonchev–Trinajstić information content (AvgIpc) is 3.01. The zero-order valence-corrected chi connectivity index (χ0v) is 14.3. The Bertz CT molecular complexity index is 910. The van der Waals surface area contributed by atoms with E-state index < -0.39 is 0 Å². The number of nitrogens with one attached hydrogen (secondary N) is 1. The highest BCUT2D eigenvalue weighted by atomic mass is 127. The van der Waals surface area contributed by atoms with E-state index >= 15 is 0 Å². The molecule has 4 nitrogen and oxygen atoms in total. The van der Waals surface area contributed by atoms with Crippen molar-refractivity contribution in [3.05, 3.63) is 68.9 Å². The molecule has 0 spiro atoms. The molecule has 1 aliphatic heterocycles. The van der Waals surface area contributed by atoms with E-state index in [2.05, 4.69) is 33.6 Å². The van der Waals surface area contributed by atoms with Gasteiger partial charge < -0.3 is 4.98 Å². The van der Waals surface area contributed by atoms with Gasteiger partial charge in [-0.05, 0) is 52.8 Å². The van der Waals surface area contributed by atoms with E-state index in [1.54, 1.807) is 24.3 Å². The lowest BCUT2D eigenvalue weighted by molar-refractivity contribution is 0.0656. The van der Waals surface area contributed by atoms with E-state index in [9.17, 15) is 9.59 Å². The number of amides is 2. The lowest BCUT2D eigenvalue weighted by Gasteiger charge is -2.13. The first kappa shape index (κ1) is 14.4. The number of carbonyl (C=O) groups is 2. The number of H-pyrrole nitrogens is 1. The second-order valence-corrected chi connectivity index (χ2v) is 6.60. The molecule has 2 amide bonds. The fourth-order valence-corrected chi connectivity index (χ4v) is 3.93. The number of aromatic amines is 1. The van der Waals surface area contributed by atoms with Crippen molar-refractivity contribution in [2.75, 3.05) is 6.54 Å². The highest BCUT2D eigenvalue weighted by Gasteiger charge is 2.34. The number of carbonyl (C=O) groups excluding carboxylic acids is 2. The Kier molecular flexibility index (Phi) is 3.45. The summed E-state index contributed by atoms with van der Waals surface area (Å²) in [4.78, 5) is 29.5. The summed E-state index contributed by atoms with van der Waals surface area (Å²) < 4.78 is 1.06. The predicted octanol–water partition coefficient (Wildman–Crippen LogP) is 3.61. The average molecular weight is 416 g/mol. The van der Waals surface area contributed by atoms with Gasteiger partial charge in [0.25, 0.3) is 11.8 Å². The van der Waals surface area contributed by atoms with Crippen molar-refractivity contribution in [3.63, 3.8) is 0 Å². The summed E-state index contributed by atoms with van der Waals surface area (Å²) in [5, 5.41) is 1.15. The van der Waals surface area contributed by atoms with E-state index in [0.717, 1.165) is 20.2 Å². The van der Waals surface area contributed by atoms with E-state index in [1.807, 2.05) is 18.2 Å². The van der Waals surface area contributed by atoms with Crippen molar-refractivity contribution < 1.29 is 9.59 Å². The molecular formula is C18H13IN2O2. The van der Waals surface area contributed by atoms with Crippen LogP contribution in [0.4, 0.5) is 0 Å². The number of fused-ring (bicyclic) bond motifs is 2. The van der Waals surface area contributed by atoms with Crippen LogP contribution in [0.2, 0.25) is 0 Å². The van der Waals surface area contributed by atoms with Crippen LogP contribution in [0, 0.1) is 3.70 Å². The van der Waals surface area contributed by atoms with Crippen molar-refractivity contribution in [2.24, 2.45) is 0 Å². The van der Waals surface area contributed by atoms with E-state index in [-0.39, 0.29) is 11.8 Å². The van der Waals surface area contributed by atoms with Crippen molar-refractivity contribution in [1.29, 1.82) is 0 Å². The molecule has 0 aliphatic carbocycles. The number of imide groups is 1. The molecule has 0 saturated carbocycles. The number of para-hydroxylation sites is 1. The number of hydrogen-bond acceptors (Lipinski definition) is 2. The van der Waals surface area contributed by atoms with Gasteiger partial charge in [0, 0.05) is 17.4 Å². The van der Waals surface area contributed by atoms with Gasteiger partial charge in [0.05, 0.1) is 14.8 Å². The van der Waals surface area contributed by atoms with Gasteiger partial charge in [-0.25, -0.2) is 0 Å². The number of benzene rings is 2. The molecule has 1 N–H and O–H groups in total. The SMILES string of the molecule is O=C1c2ccccc2C(=O)N1CCc1c(I)[nH]c2ccccc12. The monoisotopic (exact) mass is 416 g/mol. The van der Waals surface area contributed by atoms with Crippen molar-refractivity contribution in [1.82, 2.24) is 9.88 Å². The maximum atomic E-state index is 12.4. The van der Waals surface area contributed by atoms with Gasteiger partial charge in [-0.15, -0.1) is 0 Å². The smallest absolute Gasteiger partial charge is 0.261 e. The van der Waals surface area contributed by atoms with Gasteiger partial charge in [-0.1, -0.05) is 30.3 Å². The molecule has 2 aromatic carbocycles. The third-order valence-corrected chi connectivity index (χ3v) is 5.15. The van der Waals surface area contributed by atoms with Crippen molar-refractivity contribution >= 4 is 45.3 Å². The van der Waals surface area contributed by atoms with E-state index in [4.69, 9.17) is 0 Å². The first-order chi connectivity index (χ1) is 11.2. The van der Waals surface area contributed by atoms with Gasteiger partial charge in [0.15, 0.2) is 0 Å². The number of aromatic nitrogens is 1. The molecule has 2 heterocycles. The highest BCUT2D eigenvalue weighted by molar-refractivity contribution is 14.1. The van der Waals surface area contributed by atoms with Crippen LogP contribution in [0.15, 0.2) is 48.5 Å². The van der Waals surface area contributed by atoms with Crippen LogP contribution in [0.1, 0.15) is 26.3 Å². The number of halogens is 1. The number of nitrogens with zero attached hydrogens (tertiary/aromatic N) is 1. The third-order valence-electron chi connectivity index (χ3n) is 4.23. The number of hydrogen-bond donors (Lipinski definition) is 1. The van der Waals surface area contributed by atoms with E-state index in [1.165, 1.54) is 4.90 Å². The van der Waals surface area contributed by atoms with Crippen LogP contribution in [0.3, 0.4) is 0 Å². The largest absolute Gasteiger partial charge is 0.350 e. The molecule has 0 saturated heterocycles. The first-order valence-corrected chi connectivity index (χ1v) is 8.45. The molecule has 3 aromatic rings. The molecule has 114 valence electrons. The summed E-state index contributed by atoms with van der Waals surface area (Å²) in [6, 6.07) is 15.1. The summed E-state index contributed by atoms with van der Waals surface area (Å²) in [5.74, 6) is -0.388. The fraction of sp³-hybridized carbons (Fsp3) is 0.111. The van der Waals surface area contributed by atoms with Gasteiger partial charge in [-0.3, -0.25) is 14.5 Å². The Morgan fingerprint density at radius 1 is 0.913 bits per heavy atom. The van der Waals surface area contributed by atoms with Gasteiger partial charge in [0.2, 0.25) is 0 Å². The molecule has 1 aromatic heterocycles. The molecule has 0 fully saturated rings. The maximum Gasteiger partial charge on any atom is 0.261 e. The summed E-state index contributed by atoms with van der Waals surface area (Å²) in [5.41, 5.74) is 3.24. The van der Waals surface area contributed by atoms with Gasteiger partial charge >= 0.3 is 0 Å². The molecule has 5 heteroatoms. The lowest BCUT2D eigenvalue weighted by atomic mass is 10.1. The molecule has 0 unspecified atom stereocenters. The zero-order chi connectivity index (χ0) is 16.0. The molecule has 0 atom stereocenters. The molecule has 1 aliphatic rings. The standard InChI is InChI=1S/C18H13IN2O2/c19-16-12(11-5-3-4-8-15(11)20-16)9-10-21-17(22)13-6-1-2-7-14(13)18(21)23/h1-8,20H,9-10H2. The molecule has 4 rings (SSSR count). The molecule has 0 radical (unpaired) electrons. The highest BCUT2D eigenvalue weighted by Crippen LogP contribution is 2.26. The molecule has 23 heavy (non-hydrogen) atoms. The summed E-state index contributed by atoms with van der Waals surface area (Å²) >= 11 is 2.27. The minimum atomic E-state index is -0.194. The lowest BCUT2D eigenvalue weighted by Crippen LogP contribution is -2.31. The first-order valence-electron chi connectivity index (χ1n) is 7.37. The predicted molar refractivity (Wildman–Crippen MR) is 96.5 cm³/mol. The summed E-state index contributed by atoms with van der Waals surface area (Å²) in [6.45, 7) is 0.393. The second-order valence-electron chi connectivity index (χ2n) is 5.52. The Morgan fingerprint density at radius 2 is 1.52 bits per heavy atom. The number of rotatable bonds is 3. The van der Waals surface area contributed by atoms with Crippen LogP contribution < -0.4 is 0 Å². The Hall–Kier alpha value is -2.15. The van der Waals surface area contributed by atoms with Gasteiger partial charge in [0.1, 0.15) is 0 Å². The van der Waals surface area contributed by atoms with Crippen LogP contribution in [-0.4, -0.2) is 28.2 Å². The van der Waals surface area contributed by atoms with Gasteiger partial charge in [-0.2, -0.15) is 0 Å². The second kappa shape index (κ2) is 5.49. The minimum absolute atomic E-state index is 0.194. The fourth-order valence-electron chi connectivity index (χ4n) is 3.08.